The Morgan fingerprint density at radius 2 is 2.20 bits per heavy atom. The van der Waals surface area contributed by atoms with Crippen molar-refractivity contribution in [2.75, 3.05) is 19.3 Å². The van der Waals surface area contributed by atoms with Crippen LogP contribution in [0.4, 0.5) is 0 Å². The van der Waals surface area contributed by atoms with Crippen LogP contribution in [0.1, 0.15) is 22.6 Å². The van der Waals surface area contributed by atoms with Crippen molar-refractivity contribution >= 4 is 26.0 Å². The molecule has 6 nitrogen and oxygen atoms in total. The van der Waals surface area contributed by atoms with Crippen LogP contribution in [0, 0.1) is 0 Å². The molecule has 1 aliphatic rings. The number of rotatable bonds is 6. The van der Waals surface area contributed by atoms with E-state index in [-0.39, 0.29) is 0 Å². The topological polar surface area (TPSA) is 75.2 Å². The van der Waals surface area contributed by atoms with E-state index < -0.39 is 10.0 Å². The Balaban J connectivity index is 1.53. The summed E-state index contributed by atoms with van der Waals surface area (Å²) in [5, 5.41) is 3.36. The summed E-state index contributed by atoms with van der Waals surface area (Å²) < 4.78 is 25.9. The van der Waals surface area contributed by atoms with Crippen LogP contribution in [-0.4, -0.2) is 42.0 Å². The van der Waals surface area contributed by atoms with E-state index in [9.17, 15) is 8.42 Å². The molecule has 8 heteroatoms. The monoisotopic (exact) mass is 424 g/mol. The van der Waals surface area contributed by atoms with E-state index in [0.29, 0.717) is 26.1 Å². The Bertz CT molecular complexity index is 857. The van der Waals surface area contributed by atoms with Gasteiger partial charge in [-0.25, -0.2) is 18.4 Å². The zero-order chi connectivity index (χ0) is 17.9. The van der Waals surface area contributed by atoms with Crippen molar-refractivity contribution < 1.29 is 8.42 Å². The largest absolute Gasteiger partial charge is 0.310 e. The molecule has 1 aromatic heterocycles. The Labute approximate surface area is 156 Å². The first-order valence-electron chi connectivity index (χ1n) is 8.16. The van der Waals surface area contributed by atoms with Crippen molar-refractivity contribution in [3.8, 4) is 0 Å². The fourth-order valence-corrected chi connectivity index (χ4v) is 4.07. The van der Waals surface area contributed by atoms with Crippen LogP contribution in [-0.2, 0) is 36.0 Å². The van der Waals surface area contributed by atoms with Crippen LogP contribution in [0.3, 0.4) is 0 Å². The maximum absolute atomic E-state index is 11.6. The van der Waals surface area contributed by atoms with Gasteiger partial charge in [0.15, 0.2) is 0 Å². The second kappa shape index (κ2) is 7.90. The molecule has 2 aromatic rings. The lowest BCUT2D eigenvalue weighted by molar-refractivity contribution is 0.389. The Kier molecular flexibility index (Phi) is 5.83. The number of nitrogens with zero attached hydrogens (tertiary/aromatic N) is 3. The van der Waals surface area contributed by atoms with Crippen molar-refractivity contribution in [2.45, 2.75) is 25.9 Å². The van der Waals surface area contributed by atoms with Crippen LogP contribution in [0.2, 0.25) is 0 Å². The van der Waals surface area contributed by atoms with Crippen molar-refractivity contribution in [1.29, 1.82) is 0 Å². The van der Waals surface area contributed by atoms with Crippen LogP contribution < -0.4 is 5.32 Å². The van der Waals surface area contributed by atoms with Gasteiger partial charge in [0.1, 0.15) is 5.82 Å². The van der Waals surface area contributed by atoms with Crippen molar-refractivity contribution in [3.05, 3.63) is 57.6 Å². The van der Waals surface area contributed by atoms with Gasteiger partial charge in [-0.05, 0) is 30.7 Å². The summed E-state index contributed by atoms with van der Waals surface area (Å²) in [4.78, 5) is 8.95. The molecule has 3 rings (SSSR count). The normalized spacial score (nSPS) is 15.1. The van der Waals surface area contributed by atoms with E-state index in [1.54, 1.807) is 6.20 Å². The summed E-state index contributed by atoms with van der Waals surface area (Å²) in [6.45, 7) is 2.30. The smallest absolute Gasteiger partial charge is 0.211 e. The predicted octanol–water partition coefficient (Wildman–Crippen LogP) is 1.89. The molecule has 0 fully saturated rings. The molecule has 0 atom stereocenters. The molecule has 0 saturated carbocycles. The van der Waals surface area contributed by atoms with Gasteiger partial charge in [-0.2, -0.15) is 4.31 Å². The molecule has 2 heterocycles. The third kappa shape index (κ3) is 5.07. The van der Waals surface area contributed by atoms with E-state index >= 15 is 0 Å². The van der Waals surface area contributed by atoms with Gasteiger partial charge in [0.25, 0.3) is 0 Å². The SMILES string of the molecule is CS(=O)(=O)N1CCc2nc(CNCCc3cccc(Br)c3)ncc2C1. The van der Waals surface area contributed by atoms with Gasteiger partial charge < -0.3 is 5.32 Å². The number of halogens is 1. The highest BCUT2D eigenvalue weighted by atomic mass is 79.9. The summed E-state index contributed by atoms with van der Waals surface area (Å²) in [7, 11) is -3.16. The number of benzene rings is 1. The van der Waals surface area contributed by atoms with Gasteiger partial charge in [0.2, 0.25) is 10.0 Å². The lowest BCUT2D eigenvalue weighted by Gasteiger charge is -2.25. The summed E-state index contributed by atoms with van der Waals surface area (Å²) in [5.74, 6) is 0.751. The molecule has 1 aromatic carbocycles. The molecule has 134 valence electrons. The van der Waals surface area contributed by atoms with Gasteiger partial charge in [0.05, 0.1) is 12.8 Å². The zero-order valence-corrected chi connectivity index (χ0v) is 16.5. The highest BCUT2D eigenvalue weighted by Crippen LogP contribution is 2.18. The maximum atomic E-state index is 11.6. The molecule has 0 unspecified atom stereocenters. The van der Waals surface area contributed by atoms with Gasteiger partial charge in [-0.3, -0.25) is 0 Å². The molecule has 0 amide bonds. The number of sulfonamides is 1. The van der Waals surface area contributed by atoms with E-state index in [1.165, 1.54) is 16.1 Å². The van der Waals surface area contributed by atoms with Gasteiger partial charge in [0, 0.05) is 41.4 Å². The van der Waals surface area contributed by atoms with Crippen LogP contribution >= 0.6 is 15.9 Å². The molecule has 0 aliphatic carbocycles. The highest BCUT2D eigenvalue weighted by molar-refractivity contribution is 9.10. The van der Waals surface area contributed by atoms with Crippen LogP contribution in [0.5, 0.6) is 0 Å². The standard InChI is InChI=1S/C17H21BrN4O2S/c1-25(23,24)22-8-6-16-14(12-22)10-20-17(21-16)11-19-7-5-13-3-2-4-15(18)9-13/h2-4,9-10,19H,5-8,11-12H2,1H3. The van der Waals surface area contributed by atoms with Crippen molar-refractivity contribution in [2.24, 2.45) is 0 Å². The Hall–Kier alpha value is -1.35. The number of fused-ring (bicyclic) bond motifs is 1. The molecule has 1 N–H and O–H groups in total. The summed E-state index contributed by atoms with van der Waals surface area (Å²) >= 11 is 3.48. The summed E-state index contributed by atoms with van der Waals surface area (Å²) in [5.41, 5.74) is 3.13. The van der Waals surface area contributed by atoms with Crippen molar-refractivity contribution in [3.63, 3.8) is 0 Å². The lowest BCUT2D eigenvalue weighted by atomic mass is 10.1. The Morgan fingerprint density at radius 1 is 1.36 bits per heavy atom. The first-order chi connectivity index (χ1) is 11.9. The van der Waals surface area contributed by atoms with E-state index in [4.69, 9.17) is 0 Å². The molecule has 0 saturated heterocycles. The summed E-state index contributed by atoms with van der Waals surface area (Å²) in [6.07, 6.45) is 4.57. The van der Waals surface area contributed by atoms with Crippen LogP contribution in [0.15, 0.2) is 34.9 Å². The molecule has 0 bridgehead atoms. The maximum Gasteiger partial charge on any atom is 0.211 e. The van der Waals surface area contributed by atoms with E-state index in [0.717, 1.165) is 34.5 Å². The zero-order valence-electron chi connectivity index (χ0n) is 14.1. The Morgan fingerprint density at radius 3 is 2.96 bits per heavy atom. The van der Waals surface area contributed by atoms with E-state index in [2.05, 4.69) is 43.3 Å². The van der Waals surface area contributed by atoms with Crippen LogP contribution in [0.25, 0.3) is 0 Å². The molecule has 0 radical (unpaired) electrons. The fraction of sp³-hybridized carbons (Fsp3) is 0.412. The third-order valence-electron chi connectivity index (χ3n) is 4.18. The minimum atomic E-state index is -3.16. The predicted molar refractivity (Wildman–Crippen MR) is 101 cm³/mol. The fourth-order valence-electron chi connectivity index (χ4n) is 2.83. The molecular formula is C17H21BrN4O2S. The van der Waals surface area contributed by atoms with Gasteiger partial charge >= 0.3 is 0 Å². The number of nitrogens with one attached hydrogen (secondary N) is 1. The average molecular weight is 425 g/mol. The lowest BCUT2D eigenvalue weighted by Crippen LogP contribution is -2.36. The molecule has 1 aliphatic heterocycles. The first-order valence-corrected chi connectivity index (χ1v) is 10.8. The first kappa shape index (κ1) is 18.4. The second-order valence-electron chi connectivity index (χ2n) is 6.16. The van der Waals surface area contributed by atoms with Gasteiger partial charge in [-0.1, -0.05) is 28.1 Å². The molecule has 25 heavy (non-hydrogen) atoms. The highest BCUT2D eigenvalue weighted by Gasteiger charge is 2.24. The number of hydrogen-bond acceptors (Lipinski definition) is 5. The molecule has 0 spiro atoms. The minimum absolute atomic E-state index is 0.366. The quantitative estimate of drug-likeness (QED) is 0.716. The van der Waals surface area contributed by atoms with Crippen molar-refractivity contribution in [1.82, 2.24) is 19.6 Å². The number of aromatic nitrogens is 2. The average Bonchev–Trinajstić information content (AvgIpc) is 2.57. The third-order valence-corrected chi connectivity index (χ3v) is 5.92. The second-order valence-corrected chi connectivity index (χ2v) is 9.06. The van der Waals surface area contributed by atoms with E-state index in [1.807, 2.05) is 12.1 Å². The van der Waals surface area contributed by atoms with Gasteiger partial charge in [-0.15, -0.1) is 0 Å². The summed E-state index contributed by atoms with van der Waals surface area (Å²) in [6, 6.07) is 8.27. The molecular weight excluding hydrogens is 404 g/mol. The minimum Gasteiger partial charge on any atom is -0.310 e. The number of hydrogen-bond donors (Lipinski definition) is 1.